The number of nitrogens with zero attached hydrogens (tertiary/aromatic N) is 1. The predicted octanol–water partition coefficient (Wildman–Crippen LogP) is -0.742. The highest BCUT2D eigenvalue weighted by atomic mass is 19.4. The molecular weight excluding hydrogens is 431 g/mol. The molecule has 31 heavy (non-hydrogen) atoms. The Balaban J connectivity index is 1.85. The molecule has 11 nitrogen and oxygen atoms in total. The minimum Gasteiger partial charge on any atom is -0.378 e. The molecule has 0 radical (unpaired) electrons. The number of carbonyl (C=O) groups excluding carboxylic acids is 6. The molecule has 5 amide bonds. The number of hydrogen-bond acceptors (Lipinski definition) is 8. The molecule has 0 aromatic heterocycles. The summed E-state index contributed by atoms with van der Waals surface area (Å²) in [4.78, 5) is 75.6. The van der Waals surface area contributed by atoms with Crippen molar-refractivity contribution in [1.82, 2.24) is 15.7 Å². The van der Waals surface area contributed by atoms with Gasteiger partial charge in [-0.15, -0.1) is 0 Å². The van der Waals surface area contributed by atoms with Crippen molar-refractivity contribution in [2.45, 2.75) is 31.2 Å². The van der Waals surface area contributed by atoms with Crippen molar-refractivity contribution >= 4 is 35.5 Å². The van der Waals surface area contributed by atoms with E-state index in [2.05, 4.69) is 4.84 Å². The lowest BCUT2D eigenvalue weighted by molar-refractivity contribution is -0.208. The minimum absolute atomic E-state index is 0.133. The Hall–Kier alpha value is -3.81. The van der Waals surface area contributed by atoms with Crippen molar-refractivity contribution in [1.29, 1.82) is 0 Å². The third-order valence-electron chi connectivity index (χ3n) is 4.52. The zero-order chi connectivity index (χ0) is 23.1. The van der Waals surface area contributed by atoms with Gasteiger partial charge in [-0.05, 0) is 12.5 Å². The van der Waals surface area contributed by atoms with Crippen LogP contribution in [0.15, 0.2) is 18.2 Å². The maximum Gasteiger partial charge on any atom is 0.493 e. The van der Waals surface area contributed by atoms with Gasteiger partial charge < -0.3 is 9.94 Å². The summed E-state index contributed by atoms with van der Waals surface area (Å²) in [6.45, 7) is 0. The second kappa shape index (κ2) is 7.79. The number of fused-ring (bicyclic) bond motifs is 1. The van der Waals surface area contributed by atoms with Crippen LogP contribution in [0, 0.1) is 0 Å². The predicted molar refractivity (Wildman–Crippen MR) is 88.4 cm³/mol. The first-order valence-electron chi connectivity index (χ1n) is 8.54. The SMILES string of the molecule is O=C1CCC(N2C(=O)c3cccc(C(O)C(=O)NOC(=O)C(F)(F)F)c3C2=O)C(=O)N1. The van der Waals surface area contributed by atoms with Crippen LogP contribution in [-0.2, 0) is 24.0 Å². The number of hydroxylamine groups is 1. The van der Waals surface area contributed by atoms with Gasteiger partial charge >= 0.3 is 12.1 Å². The molecular formula is C17H12F3N3O8. The van der Waals surface area contributed by atoms with E-state index in [4.69, 9.17) is 0 Å². The molecule has 2 atom stereocenters. The lowest BCUT2D eigenvalue weighted by Gasteiger charge is -2.27. The first kappa shape index (κ1) is 21.9. The fourth-order valence-electron chi connectivity index (χ4n) is 3.12. The van der Waals surface area contributed by atoms with Gasteiger partial charge in [-0.25, -0.2) is 4.79 Å². The largest absolute Gasteiger partial charge is 0.493 e. The van der Waals surface area contributed by atoms with Gasteiger partial charge in [0.15, 0.2) is 6.10 Å². The van der Waals surface area contributed by atoms with E-state index in [1.807, 2.05) is 5.32 Å². The molecule has 2 aliphatic rings. The molecule has 0 aliphatic carbocycles. The Labute approximate surface area is 170 Å². The molecule has 2 unspecified atom stereocenters. The van der Waals surface area contributed by atoms with Crippen LogP contribution in [0.3, 0.4) is 0 Å². The first-order valence-corrected chi connectivity index (χ1v) is 8.54. The summed E-state index contributed by atoms with van der Waals surface area (Å²) in [5.41, 5.74) is -0.0738. The summed E-state index contributed by atoms with van der Waals surface area (Å²) >= 11 is 0. The summed E-state index contributed by atoms with van der Waals surface area (Å²) in [6, 6.07) is 2.11. The lowest BCUT2D eigenvalue weighted by atomic mass is 9.98. The van der Waals surface area contributed by atoms with E-state index < -0.39 is 65.0 Å². The monoisotopic (exact) mass is 443 g/mol. The van der Waals surface area contributed by atoms with E-state index in [1.54, 1.807) is 0 Å². The van der Waals surface area contributed by atoms with Gasteiger partial charge in [-0.3, -0.25) is 34.2 Å². The van der Waals surface area contributed by atoms with E-state index in [9.17, 15) is 47.0 Å². The van der Waals surface area contributed by atoms with Crippen LogP contribution in [0.4, 0.5) is 13.2 Å². The Bertz CT molecular complexity index is 1020. The fourth-order valence-corrected chi connectivity index (χ4v) is 3.12. The molecule has 0 spiro atoms. The number of nitrogens with one attached hydrogen (secondary N) is 2. The number of benzene rings is 1. The molecule has 2 aliphatic heterocycles. The van der Waals surface area contributed by atoms with Gasteiger partial charge in [0.2, 0.25) is 11.8 Å². The zero-order valence-electron chi connectivity index (χ0n) is 15.2. The van der Waals surface area contributed by atoms with Crippen molar-refractivity contribution in [3.63, 3.8) is 0 Å². The molecule has 164 valence electrons. The number of carbonyl (C=O) groups is 6. The average molecular weight is 443 g/mol. The molecule has 1 saturated heterocycles. The zero-order valence-corrected chi connectivity index (χ0v) is 15.2. The van der Waals surface area contributed by atoms with Crippen molar-refractivity contribution < 1.29 is 51.9 Å². The number of alkyl halides is 3. The summed E-state index contributed by atoms with van der Waals surface area (Å²) in [6.07, 6.45) is -7.97. The van der Waals surface area contributed by atoms with Crippen LogP contribution in [0.5, 0.6) is 0 Å². The summed E-state index contributed by atoms with van der Waals surface area (Å²) in [5, 5.41) is 12.2. The van der Waals surface area contributed by atoms with Gasteiger partial charge in [0.1, 0.15) is 6.04 Å². The van der Waals surface area contributed by atoms with Crippen LogP contribution in [-0.4, -0.2) is 57.7 Å². The Morgan fingerprint density at radius 3 is 2.48 bits per heavy atom. The van der Waals surface area contributed by atoms with Gasteiger partial charge in [0.05, 0.1) is 11.1 Å². The van der Waals surface area contributed by atoms with Crippen molar-refractivity contribution in [2.24, 2.45) is 0 Å². The highest BCUT2D eigenvalue weighted by molar-refractivity contribution is 6.24. The molecule has 14 heteroatoms. The van der Waals surface area contributed by atoms with Gasteiger partial charge in [0, 0.05) is 12.0 Å². The van der Waals surface area contributed by atoms with Gasteiger partial charge in [-0.1, -0.05) is 12.1 Å². The molecule has 1 aromatic rings. The first-order chi connectivity index (χ1) is 14.4. The number of amides is 5. The third kappa shape index (κ3) is 3.96. The summed E-state index contributed by atoms with van der Waals surface area (Å²) < 4.78 is 36.4. The number of halogens is 3. The molecule has 3 N–H and O–H groups in total. The van der Waals surface area contributed by atoms with E-state index in [0.717, 1.165) is 11.5 Å². The van der Waals surface area contributed by atoms with Gasteiger partial charge in [0.25, 0.3) is 17.7 Å². The molecule has 0 saturated carbocycles. The van der Waals surface area contributed by atoms with E-state index in [1.165, 1.54) is 12.1 Å². The van der Waals surface area contributed by atoms with Crippen molar-refractivity contribution in [2.75, 3.05) is 0 Å². The maximum atomic E-state index is 12.8. The Kier molecular flexibility index (Phi) is 5.50. The summed E-state index contributed by atoms with van der Waals surface area (Å²) in [7, 11) is 0. The Morgan fingerprint density at radius 1 is 1.19 bits per heavy atom. The molecule has 2 heterocycles. The van der Waals surface area contributed by atoms with Crippen LogP contribution in [0.2, 0.25) is 0 Å². The van der Waals surface area contributed by atoms with Crippen LogP contribution >= 0.6 is 0 Å². The number of hydrogen-bond donors (Lipinski definition) is 3. The van der Waals surface area contributed by atoms with Crippen LogP contribution < -0.4 is 10.8 Å². The highest BCUT2D eigenvalue weighted by Gasteiger charge is 2.47. The second-order valence-corrected chi connectivity index (χ2v) is 6.47. The standard InChI is InChI=1S/C17H12F3N3O8/c18-17(19,20)16(30)31-22-13(27)11(25)6-2-1-3-7-10(6)15(29)23(14(7)28)8-4-5-9(24)21-12(8)26/h1-3,8,11,25H,4-5H2,(H,22,27)(H,21,24,26). The van der Waals surface area contributed by atoms with Gasteiger partial charge in [-0.2, -0.15) is 18.7 Å². The smallest absolute Gasteiger partial charge is 0.378 e. The van der Waals surface area contributed by atoms with Crippen LogP contribution in [0.25, 0.3) is 0 Å². The van der Waals surface area contributed by atoms with Crippen LogP contribution in [0.1, 0.15) is 45.2 Å². The quantitative estimate of drug-likeness (QED) is 0.407. The Morgan fingerprint density at radius 2 is 1.87 bits per heavy atom. The number of aliphatic hydroxyl groups excluding tert-OH is 1. The van der Waals surface area contributed by atoms with Crippen molar-refractivity contribution in [3.8, 4) is 0 Å². The summed E-state index contributed by atoms with van der Waals surface area (Å²) in [5.74, 6) is -7.81. The number of imide groups is 2. The number of aliphatic hydroxyl groups is 1. The van der Waals surface area contributed by atoms with E-state index >= 15 is 0 Å². The molecule has 1 fully saturated rings. The second-order valence-electron chi connectivity index (χ2n) is 6.47. The molecule has 1 aromatic carbocycles. The topological polar surface area (TPSA) is 159 Å². The lowest BCUT2D eigenvalue weighted by Crippen LogP contribution is -2.54. The average Bonchev–Trinajstić information content (AvgIpc) is 2.95. The third-order valence-corrected chi connectivity index (χ3v) is 4.52. The van der Waals surface area contributed by atoms with Crippen molar-refractivity contribution in [3.05, 3.63) is 34.9 Å². The normalized spacial score (nSPS) is 19.6. The number of piperidine rings is 1. The van der Waals surface area contributed by atoms with E-state index in [0.29, 0.717) is 4.90 Å². The van der Waals surface area contributed by atoms with E-state index in [-0.39, 0.29) is 18.4 Å². The minimum atomic E-state index is -5.41. The molecule has 0 bridgehead atoms. The number of rotatable bonds is 3. The fraction of sp³-hybridized carbons (Fsp3) is 0.294. The molecule has 3 rings (SSSR count). The maximum absolute atomic E-state index is 12.8. The highest BCUT2D eigenvalue weighted by Crippen LogP contribution is 2.32.